The van der Waals surface area contributed by atoms with Gasteiger partial charge in [-0.2, -0.15) is 0 Å². The average Bonchev–Trinajstić information content (AvgIpc) is 3.06. The summed E-state index contributed by atoms with van der Waals surface area (Å²) in [5.74, 6) is 2.02. The summed E-state index contributed by atoms with van der Waals surface area (Å²) >= 11 is 0. The lowest BCUT2D eigenvalue weighted by molar-refractivity contribution is 0.424. The predicted octanol–water partition coefficient (Wildman–Crippen LogP) is 2.39. The molecular weight excluding hydrogens is 240 g/mol. The number of hydrogen-bond donors (Lipinski definition) is 1. The van der Waals surface area contributed by atoms with E-state index in [2.05, 4.69) is 33.9 Å². The molecule has 0 aromatic carbocycles. The van der Waals surface area contributed by atoms with Crippen LogP contribution in [0.3, 0.4) is 0 Å². The number of nitrogens with one attached hydrogen (secondary N) is 1. The van der Waals surface area contributed by atoms with Crippen LogP contribution >= 0.6 is 0 Å². The Hall–Kier alpha value is -1.62. The molecule has 1 atom stereocenters. The molecule has 0 bridgehead atoms. The van der Waals surface area contributed by atoms with Gasteiger partial charge in [-0.3, -0.25) is 0 Å². The van der Waals surface area contributed by atoms with E-state index in [0.29, 0.717) is 6.04 Å². The van der Waals surface area contributed by atoms with E-state index in [4.69, 9.17) is 4.42 Å². The highest BCUT2D eigenvalue weighted by Gasteiger charge is 2.11. The molecule has 0 aliphatic heterocycles. The minimum absolute atomic E-state index is 0.401. The van der Waals surface area contributed by atoms with Crippen molar-refractivity contribution < 1.29 is 4.42 Å². The average molecular weight is 262 g/mol. The molecule has 5 heteroatoms. The molecule has 2 aromatic heterocycles. The normalized spacial score (nSPS) is 12.7. The predicted molar refractivity (Wildman–Crippen MR) is 73.6 cm³/mol. The van der Waals surface area contributed by atoms with E-state index in [1.54, 1.807) is 12.6 Å². The first-order chi connectivity index (χ1) is 9.33. The number of hydrogen-bond acceptors (Lipinski definition) is 4. The van der Waals surface area contributed by atoms with Crippen molar-refractivity contribution in [3.63, 3.8) is 0 Å². The van der Waals surface area contributed by atoms with Gasteiger partial charge in [0.25, 0.3) is 0 Å². The summed E-state index contributed by atoms with van der Waals surface area (Å²) in [7, 11) is 0. The van der Waals surface area contributed by atoms with Crippen LogP contribution in [0.2, 0.25) is 0 Å². The Morgan fingerprint density at radius 1 is 1.42 bits per heavy atom. The van der Waals surface area contributed by atoms with Gasteiger partial charge in [0.1, 0.15) is 17.9 Å². The Morgan fingerprint density at radius 2 is 2.32 bits per heavy atom. The summed E-state index contributed by atoms with van der Waals surface area (Å²) < 4.78 is 7.50. The molecule has 104 valence electrons. The van der Waals surface area contributed by atoms with E-state index < -0.39 is 0 Å². The third kappa shape index (κ3) is 3.92. The van der Waals surface area contributed by atoms with Crippen LogP contribution in [0.4, 0.5) is 0 Å². The molecule has 19 heavy (non-hydrogen) atoms. The van der Waals surface area contributed by atoms with Crippen molar-refractivity contribution in [2.45, 2.75) is 52.2 Å². The van der Waals surface area contributed by atoms with Crippen LogP contribution < -0.4 is 5.32 Å². The highest BCUT2D eigenvalue weighted by Crippen LogP contribution is 2.07. The van der Waals surface area contributed by atoms with Crippen LogP contribution in [0.5, 0.6) is 0 Å². The molecule has 2 aromatic rings. The zero-order valence-electron chi connectivity index (χ0n) is 11.7. The van der Waals surface area contributed by atoms with Crippen molar-refractivity contribution >= 4 is 0 Å². The standard InChI is InChI=1S/C14H22N4O/c1-3-7-18-11-16-17-14(18)10-15-12(4-2)9-13-6-5-8-19-13/h5-6,8,11-12,15H,3-4,7,9-10H2,1-2H3. The molecule has 0 aliphatic carbocycles. The van der Waals surface area contributed by atoms with Crippen molar-refractivity contribution in [2.24, 2.45) is 0 Å². The fraction of sp³-hybridized carbons (Fsp3) is 0.571. The summed E-state index contributed by atoms with van der Waals surface area (Å²) in [6, 6.07) is 4.35. The van der Waals surface area contributed by atoms with Gasteiger partial charge in [0, 0.05) is 19.0 Å². The van der Waals surface area contributed by atoms with Gasteiger partial charge in [-0.25, -0.2) is 0 Å². The van der Waals surface area contributed by atoms with Crippen LogP contribution in [0, 0.1) is 0 Å². The summed E-state index contributed by atoms with van der Waals surface area (Å²) in [6.07, 6.45) is 6.58. The molecule has 1 unspecified atom stereocenters. The van der Waals surface area contributed by atoms with Crippen molar-refractivity contribution in [1.29, 1.82) is 0 Å². The number of furan rings is 1. The first-order valence-corrected chi connectivity index (χ1v) is 6.96. The summed E-state index contributed by atoms with van der Waals surface area (Å²) in [5.41, 5.74) is 0. The van der Waals surface area contributed by atoms with Gasteiger partial charge in [0.05, 0.1) is 12.8 Å². The molecule has 0 amide bonds. The molecule has 2 heterocycles. The van der Waals surface area contributed by atoms with Crippen molar-refractivity contribution in [3.05, 3.63) is 36.3 Å². The number of aromatic nitrogens is 3. The van der Waals surface area contributed by atoms with Crippen molar-refractivity contribution in [1.82, 2.24) is 20.1 Å². The lowest BCUT2D eigenvalue weighted by Gasteiger charge is -2.15. The maximum Gasteiger partial charge on any atom is 0.146 e. The van der Waals surface area contributed by atoms with Gasteiger partial charge in [-0.15, -0.1) is 10.2 Å². The quantitative estimate of drug-likeness (QED) is 0.793. The maximum atomic E-state index is 5.39. The molecule has 0 radical (unpaired) electrons. The molecule has 2 rings (SSSR count). The smallest absolute Gasteiger partial charge is 0.146 e. The van der Waals surface area contributed by atoms with Crippen LogP contribution in [0.1, 0.15) is 38.3 Å². The topological polar surface area (TPSA) is 55.9 Å². The van der Waals surface area contributed by atoms with Gasteiger partial charge in [-0.05, 0) is 25.0 Å². The Kier molecular flexibility index (Phi) is 5.15. The van der Waals surface area contributed by atoms with E-state index in [-0.39, 0.29) is 0 Å². The van der Waals surface area contributed by atoms with Crippen LogP contribution in [0.25, 0.3) is 0 Å². The summed E-state index contributed by atoms with van der Waals surface area (Å²) in [6.45, 7) is 6.05. The maximum absolute atomic E-state index is 5.39. The van der Waals surface area contributed by atoms with Gasteiger partial charge in [0.2, 0.25) is 0 Å². The second-order valence-electron chi connectivity index (χ2n) is 4.71. The molecule has 0 fully saturated rings. The molecule has 5 nitrogen and oxygen atoms in total. The zero-order valence-corrected chi connectivity index (χ0v) is 11.7. The summed E-state index contributed by atoms with van der Waals surface area (Å²) in [4.78, 5) is 0. The molecule has 0 spiro atoms. The molecular formula is C14H22N4O. The van der Waals surface area contributed by atoms with Gasteiger partial charge >= 0.3 is 0 Å². The fourth-order valence-corrected chi connectivity index (χ4v) is 2.11. The number of aryl methyl sites for hydroxylation is 1. The fourth-order valence-electron chi connectivity index (χ4n) is 2.11. The summed E-state index contributed by atoms with van der Waals surface area (Å²) in [5, 5.41) is 11.7. The molecule has 1 N–H and O–H groups in total. The van der Waals surface area contributed by atoms with Crippen LogP contribution in [0.15, 0.2) is 29.1 Å². The SMILES string of the molecule is CCCn1cnnc1CNC(CC)Cc1ccco1. The van der Waals surface area contributed by atoms with Gasteiger partial charge < -0.3 is 14.3 Å². The Morgan fingerprint density at radius 3 is 3.00 bits per heavy atom. The molecule has 0 aliphatic rings. The second-order valence-corrected chi connectivity index (χ2v) is 4.71. The van der Waals surface area contributed by atoms with E-state index >= 15 is 0 Å². The Bertz CT molecular complexity index is 464. The largest absolute Gasteiger partial charge is 0.469 e. The van der Waals surface area contributed by atoms with E-state index in [9.17, 15) is 0 Å². The third-order valence-electron chi connectivity index (χ3n) is 3.23. The van der Waals surface area contributed by atoms with Crippen molar-refractivity contribution in [3.8, 4) is 0 Å². The minimum atomic E-state index is 0.401. The number of nitrogens with zero attached hydrogens (tertiary/aromatic N) is 3. The lowest BCUT2D eigenvalue weighted by Crippen LogP contribution is -2.31. The first kappa shape index (κ1) is 13.8. The highest BCUT2D eigenvalue weighted by molar-refractivity contribution is 5.00. The van der Waals surface area contributed by atoms with E-state index in [0.717, 1.165) is 43.9 Å². The third-order valence-corrected chi connectivity index (χ3v) is 3.23. The minimum Gasteiger partial charge on any atom is -0.469 e. The second kappa shape index (κ2) is 7.09. The molecule has 0 saturated carbocycles. The van der Waals surface area contributed by atoms with Gasteiger partial charge in [0.15, 0.2) is 0 Å². The zero-order chi connectivity index (χ0) is 13.5. The number of rotatable bonds is 8. The monoisotopic (exact) mass is 262 g/mol. The Balaban J connectivity index is 1.87. The van der Waals surface area contributed by atoms with Crippen LogP contribution in [-0.4, -0.2) is 20.8 Å². The first-order valence-electron chi connectivity index (χ1n) is 6.96. The van der Waals surface area contributed by atoms with Crippen molar-refractivity contribution in [2.75, 3.05) is 0 Å². The Labute approximate surface area is 114 Å². The lowest BCUT2D eigenvalue weighted by atomic mass is 10.1. The van der Waals surface area contributed by atoms with E-state index in [1.165, 1.54) is 0 Å². The molecule has 0 saturated heterocycles. The highest BCUT2D eigenvalue weighted by atomic mass is 16.3. The van der Waals surface area contributed by atoms with Gasteiger partial charge in [-0.1, -0.05) is 13.8 Å². The van der Waals surface area contributed by atoms with E-state index in [1.807, 2.05) is 12.1 Å². The van der Waals surface area contributed by atoms with Crippen LogP contribution in [-0.2, 0) is 19.5 Å².